The zero-order chi connectivity index (χ0) is 90.0. The Morgan fingerprint density at radius 1 is 0.432 bits per heavy atom. The van der Waals surface area contributed by atoms with E-state index in [9.17, 15) is 43.2 Å². The summed E-state index contributed by atoms with van der Waals surface area (Å²) in [6, 6.07) is 57.8. The van der Waals surface area contributed by atoms with E-state index in [0.29, 0.717) is 34.1 Å². The standard InChI is InChI=1S/C25H32N2O3.C25H30N2O2.C13H15NO3.C13H21NO.C12H13NO3.C8H9NO2.C5H8O2/c1-3-4-10-22(16-18-7-5-11-23(17-18)30-2)27-25(29)20-12-14-21(15-13-20)26-24(28)19-8-6-9-19;1-3-4-8-21-15-19-16-22(29-2)13-14-23(19)24(26-21)17-9-11-20(12-10-17)27-25(28)18-6-5-7-18;1-17-13(16)10-5-7-11(8-6-10)14-12(15)9-3-2-4-9;1-3-4-7-12(14)9-11-6-5-8-13(10-11)15-2;14-11(8-2-1-3-8)13-10-6-4-9(5-7-10)12(15)16;1-11-8(10)6-2-4-7(9)5-3-6;6-5(7)4-2-1-3-4/h5,7,11-15,17,19,22H,3-4,6,8-10,16H2,1-2H3,(H,26,28)(H,27,29);9-14,16,18,21H,3-8,15H2,1-2H3,(H,27,28);5-9H,2-4H2,1H3,(H,14,15);5-6,8,10,12H,3-4,7,9,14H2,1-2H3;4-8H,1-3H2,(H,13,14)(H,15,16);2-5H,9H2,1H3;4H,1-3H2,(H,6,7)/t22-;21-;;12-;;;/m00.0.../s1. The van der Waals surface area contributed by atoms with Crippen LogP contribution in [0.25, 0.3) is 0 Å². The topological polar surface area (TPSA) is 365 Å². The average Bonchev–Trinajstić information content (AvgIpc) is 0.783. The highest BCUT2D eigenvalue weighted by atomic mass is 16.5. The summed E-state index contributed by atoms with van der Waals surface area (Å²) in [5.74, 6) is 1.22. The summed E-state index contributed by atoms with van der Waals surface area (Å²) in [5, 5.41) is 31.7. The van der Waals surface area contributed by atoms with Crippen LogP contribution in [0.1, 0.15) is 244 Å². The number of methoxy groups -OCH3 is 5. The molecule has 0 bridgehead atoms. The van der Waals surface area contributed by atoms with Gasteiger partial charge >= 0.3 is 23.9 Å². The van der Waals surface area contributed by atoms with Gasteiger partial charge in [0.1, 0.15) is 17.2 Å². The molecule has 1 aliphatic heterocycles. The van der Waals surface area contributed by atoms with Crippen LogP contribution in [0.3, 0.4) is 0 Å². The third-order valence-electron chi connectivity index (χ3n) is 23.1. The molecule has 668 valence electrons. The number of unbranched alkanes of at least 4 members (excludes halogenated alkanes) is 3. The fraction of sp³-hybridized carbons (Fsp3) is 0.426. The van der Waals surface area contributed by atoms with Crippen molar-refractivity contribution in [3.05, 3.63) is 238 Å². The maximum Gasteiger partial charge on any atom is 0.337 e. The minimum Gasteiger partial charge on any atom is -0.497 e. The number of carboxylic acids is 2. The minimum atomic E-state index is -0.961. The summed E-state index contributed by atoms with van der Waals surface area (Å²) in [6.45, 7) is 6.57. The highest BCUT2D eigenvalue weighted by molar-refractivity contribution is 6.15. The van der Waals surface area contributed by atoms with Crippen molar-refractivity contribution in [1.82, 2.24) is 5.32 Å². The van der Waals surface area contributed by atoms with Gasteiger partial charge in [-0.15, -0.1) is 0 Å². The van der Waals surface area contributed by atoms with E-state index >= 15 is 0 Å². The molecule has 5 amide bonds. The summed E-state index contributed by atoms with van der Waals surface area (Å²) in [5.41, 5.74) is 23.9. The second-order valence-electron chi connectivity index (χ2n) is 32.5. The molecule has 0 unspecified atom stereocenters. The van der Waals surface area contributed by atoms with Crippen LogP contribution >= 0.6 is 0 Å². The number of hydrogen-bond acceptors (Lipinski definition) is 17. The van der Waals surface area contributed by atoms with Gasteiger partial charge in [-0.3, -0.25) is 33.8 Å². The minimum absolute atomic E-state index is 0.000000000000000444. The Morgan fingerprint density at radius 2 is 0.816 bits per heavy atom. The number of amides is 5. The fourth-order valence-corrected chi connectivity index (χ4v) is 14.2. The number of aromatic carboxylic acids is 1. The number of benzene rings is 8. The largest absolute Gasteiger partial charge is 0.497 e. The number of aliphatic carboxylic acids is 1. The molecule has 6 aliphatic rings. The molecule has 8 aromatic rings. The SMILES string of the molecule is CCCC[C@@H](Cc1cccc(OC)c1)NC(=O)c1ccc(NC(=O)C2CCC2)cc1.CCCC[C@H](N)Cc1cccc(OC)c1.CCCC[C@H]1Cc2cc(OC)ccc2C(c2ccc(NC(=O)C3CCC3)cc2)=N1.COC(=O)c1ccc(N)cc1.COC(=O)c1ccc(NC(=O)C2CCC2)cc1.O=C(O)C1CCC1.O=C(O)c1ccc(NC(=O)C2CCC2)cc1. The molecule has 0 spiro atoms. The first-order valence-corrected chi connectivity index (χ1v) is 44.1. The monoisotopic (exact) mass is 1710 g/mol. The molecule has 1 heterocycles. The first-order valence-electron chi connectivity index (χ1n) is 44.1. The second-order valence-corrected chi connectivity index (χ2v) is 32.5. The van der Waals surface area contributed by atoms with Gasteiger partial charge in [0.25, 0.3) is 5.91 Å². The highest BCUT2D eigenvalue weighted by Gasteiger charge is 2.30. The maximum atomic E-state index is 12.8. The first-order chi connectivity index (χ1) is 60.4. The van der Waals surface area contributed by atoms with Gasteiger partial charge in [-0.05, 0) is 271 Å². The average molecular weight is 1710 g/mol. The lowest BCUT2D eigenvalue weighted by atomic mass is 9.85. The summed E-state index contributed by atoms with van der Waals surface area (Å²) in [6.07, 6.45) is 28.0. The summed E-state index contributed by atoms with van der Waals surface area (Å²) >= 11 is 0. The Balaban J connectivity index is 0.000000188. The molecule has 0 saturated heterocycles. The molecular formula is C101H128N8O16. The number of carbonyl (C=O) groups is 9. The number of ether oxygens (including phenoxy) is 5. The van der Waals surface area contributed by atoms with Gasteiger partial charge in [0.05, 0.1) is 69.9 Å². The molecule has 125 heavy (non-hydrogen) atoms. The smallest absolute Gasteiger partial charge is 0.337 e. The lowest BCUT2D eigenvalue weighted by Crippen LogP contribution is -2.36. The van der Waals surface area contributed by atoms with Gasteiger partial charge < -0.3 is 71.9 Å². The van der Waals surface area contributed by atoms with Gasteiger partial charge in [-0.1, -0.05) is 128 Å². The highest BCUT2D eigenvalue weighted by Crippen LogP contribution is 2.34. The van der Waals surface area contributed by atoms with Crippen molar-refractivity contribution in [2.75, 3.05) is 62.5 Å². The molecule has 8 aromatic carbocycles. The number of nitrogen functional groups attached to an aromatic ring is 1. The van der Waals surface area contributed by atoms with Crippen LogP contribution in [0.2, 0.25) is 0 Å². The van der Waals surface area contributed by atoms with E-state index in [0.717, 1.165) is 192 Å². The van der Waals surface area contributed by atoms with E-state index in [2.05, 4.69) is 99.3 Å². The molecule has 24 nitrogen and oxygen atoms in total. The number of esters is 2. The van der Waals surface area contributed by atoms with Crippen molar-refractivity contribution >= 4 is 87.6 Å². The molecule has 5 aliphatic carbocycles. The molecular weight excluding hydrogens is 1580 g/mol. The second kappa shape index (κ2) is 52.4. The number of nitrogens with zero attached hydrogens (tertiary/aromatic N) is 1. The van der Waals surface area contributed by atoms with Gasteiger partial charge in [-0.2, -0.15) is 0 Å². The van der Waals surface area contributed by atoms with E-state index in [1.54, 1.807) is 106 Å². The Hall–Kier alpha value is -12.2. The predicted octanol–water partition coefficient (Wildman–Crippen LogP) is 19.4. The number of nitrogens with one attached hydrogen (secondary N) is 5. The number of carboxylic acid groups (broad SMARTS) is 2. The molecule has 5 fully saturated rings. The van der Waals surface area contributed by atoms with Gasteiger partial charge in [0.15, 0.2) is 0 Å². The molecule has 0 radical (unpaired) electrons. The molecule has 3 atom stereocenters. The first kappa shape index (κ1) is 98.3. The zero-order valence-electron chi connectivity index (χ0n) is 73.8. The molecule has 14 rings (SSSR count). The number of hydrogen-bond donors (Lipinski definition) is 9. The van der Waals surface area contributed by atoms with E-state index in [-0.39, 0.29) is 88.7 Å². The third kappa shape index (κ3) is 32.8. The van der Waals surface area contributed by atoms with Crippen molar-refractivity contribution in [2.24, 2.45) is 40.3 Å². The van der Waals surface area contributed by atoms with Crippen LogP contribution in [0, 0.1) is 29.6 Å². The van der Waals surface area contributed by atoms with Crippen molar-refractivity contribution < 1.29 is 77.0 Å². The van der Waals surface area contributed by atoms with Crippen LogP contribution in [0.5, 0.6) is 17.2 Å². The van der Waals surface area contributed by atoms with Crippen molar-refractivity contribution in [3.8, 4) is 17.2 Å². The van der Waals surface area contributed by atoms with Crippen LogP contribution in [0.4, 0.5) is 28.4 Å². The van der Waals surface area contributed by atoms with Gasteiger partial charge in [-0.25, -0.2) is 14.4 Å². The van der Waals surface area contributed by atoms with Crippen LogP contribution in [-0.4, -0.2) is 123 Å². The van der Waals surface area contributed by atoms with Gasteiger partial charge in [0.2, 0.25) is 23.6 Å². The summed E-state index contributed by atoms with van der Waals surface area (Å²) in [7, 11) is 7.75. The van der Waals surface area contributed by atoms with Crippen molar-refractivity contribution in [2.45, 2.75) is 212 Å². The number of rotatable bonds is 31. The van der Waals surface area contributed by atoms with Gasteiger partial charge in [0, 0.05) is 80.9 Å². The number of nitrogens with two attached hydrogens (primary N) is 2. The molecule has 11 N–H and O–H groups in total. The Labute approximate surface area is 736 Å². The Morgan fingerprint density at radius 3 is 1.19 bits per heavy atom. The number of anilines is 5. The number of carbonyl (C=O) groups excluding carboxylic acids is 7. The zero-order valence-corrected chi connectivity index (χ0v) is 73.8. The van der Waals surface area contributed by atoms with Crippen molar-refractivity contribution in [3.63, 3.8) is 0 Å². The summed E-state index contributed by atoms with van der Waals surface area (Å²) < 4.78 is 25.0. The molecule has 0 aromatic heterocycles. The molecule has 5 saturated carbocycles. The van der Waals surface area contributed by atoms with Crippen LogP contribution < -0.4 is 52.3 Å². The van der Waals surface area contributed by atoms with Crippen LogP contribution in [-0.2, 0) is 52.7 Å². The van der Waals surface area contributed by atoms with Crippen molar-refractivity contribution in [1.29, 1.82) is 0 Å². The fourth-order valence-electron chi connectivity index (χ4n) is 14.2. The summed E-state index contributed by atoms with van der Waals surface area (Å²) in [4.78, 5) is 108. The van der Waals surface area contributed by atoms with E-state index < -0.39 is 11.9 Å². The quantitative estimate of drug-likeness (QED) is 0.0144. The number of aliphatic imine (C=N–C) groups is 1. The van der Waals surface area contributed by atoms with Crippen LogP contribution in [0.15, 0.2) is 193 Å². The Bertz CT molecular complexity index is 4770. The van der Waals surface area contributed by atoms with E-state index in [4.69, 9.17) is 40.9 Å². The maximum absolute atomic E-state index is 12.8. The molecule has 24 heteroatoms. The predicted molar refractivity (Wildman–Crippen MR) is 492 cm³/mol. The lowest BCUT2D eigenvalue weighted by Gasteiger charge is -2.25. The third-order valence-corrected chi connectivity index (χ3v) is 23.1. The van der Waals surface area contributed by atoms with E-state index in [1.165, 1.54) is 75.1 Å². The lowest BCUT2D eigenvalue weighted by molar-refractivity contribution is -0.144. The Kier molecular flexibility index (Phi) is 41.2. The van der Waals surface area contributed by atoms with E-state index in [1.807, 2.05) is 48.5 Å². The number of fused-ring (bicyclic) bond motifs is 1. The normalized spacial score (nSPS) is 15.2.